The number of thioether (sulfide) groups is 1. The molecule has 1 saturated heterocycles. The molecule has 3 aromatic rings. The van der Waals surface area contributed by atoms with Crippen molar-refractivity contribution in [3.8, 4) is 0 Å². The molecule has 1 fully saturated rings. The van der Waals surface area contributed by atoms with Crippen LogP contribution in [0, 0.1) is 0 Å². The van der Waals surface area contributed by atoms with Gasteiger partial charge in [0.25, 0.3) is 5.91 Å². The maximum absolute atomic E-state index is 11.7. The van der Waals surface area contributed by atoms with E-state index in [-0.39, 0.29) is 5.91 Å². The maximum atomic E-state index is 11.7. The monoisotopic (exact) mass is 390 g/mol. The van der Waals surface area contributed by atoms with Crippen molar-refractivity contribution in [2.45, 2.75) is 0 Å². The van der Waals surface area contributed by atoms with E-state index in [9.17, 15) is 4.79 Å². The molecule has 2 aromatic heterocycles. The molecular weight excluding hydrogens is 384 g/mol. The minimum atomic E-state index is -0.192. The second kappa shape index (κ2) is 5.19. The number of benzene rings is 1. The van der Waals surface area contributed by atoms with Crippen LogP contribution in [0.2, 0.25) is 0 Å². The second-order valence-corrected chi connectivity index (χ2v) is 7.34. The zero-order chi connectivity index (χ0) is 15.3. The highest BCUT2D eigenvalue weighted by Gasteiger charge is 2.22. The highest BCUT2D eigenvalue weighted by molar-refractivity contribution is 9.10. The Bertz CT molecular complexity index is 994. The van der Waals surface area contributed by atoms with E-state index in [0.717, 1.165) is 26.3 Å². The zero-order valence-corrected chi connectivity index (χ0v) is 14.1. The Morgan fingerprint density at radius 3 is 3.00 bits per heavy atom. The van der Waals surface area contributed by atoms with Crippen molar-refractivity contribution < 1.29 is 9.21 Å². The largest absolute Gasteiger partial charge is 0.456 e. The fraction of sp³-hybridized carbons (Fsp3) is 0. The molecule has 0 spiro atoms. The number of thiocarbonyl (C=S) groups is 1. The van der Waals surface area contributed by atoms with E-state index < -0.39 is 0 Å². The van der Waals surface area contributed by atoms with Gasteiger partial charge in [-0.25, -0.2) is 0 Å². The number of hydrogen-bond donors (Lipinski definition) is 1. The van der Waals surface area contributed by atoms with Crippen LogP contribution in [-0.2, 0) is 4.79 Å². The molecule has 0 saturated carbocycles. The van der Waals surface area contributed by atoms with Crippen molar-refractivity contribution in [2.24, 2.45) is 0 Å². The summed E-state index contributed by atoms with van der Waals surface area (Å²) in [6.07, 6.45) is 3.46. The average Bonchev–Trinajstić information content (AvgIpc) is 3.01. The van der Waals surface area contributed by atoms with Gasteiger partial charge in [-0.3, -0.25) is 9.78 Å². The van der Waals surface area contributed by atoms with Crippen LogP contribution in [-0.4, -0.2) is 15.2 Å². The fourth-order valence-corrected chi connectivity index (χ4v) is 3.67. The molecule has 0 bridgehead atoms. The molecule has 22 heavy (non-hydrogen) atoms. The number of nitrogens with zero attached hydrogens (tertiary/aromatic N) is 1. The van der Waals surface area contributed by atoms with Gasteiger partial charge in [-0.15, -0.1) is 0 Å². The first-order valence-electron chi connectivity index (χ1n) is 6.33. The Morgan fingerprint density at radius 1 is 1.36 bits per heavy atom. The summed E-state index contributed by atoms with van der Waals surface area (Å²) >= 11 is 9.64. The number of rotatable bonds is 1. The van der Waals surface area contributed by atoms with Crippen LogP contribution in [0.15, 0.2) is 44.3 Å². The summed E-state index contributed by atoms with van der Waals surface area (Å²) in [5.74, 6) is 0.414. The third-order valence-corrected chi connectivity index (χ3v) is 4.90. The lowest BCUT2D eigenvalue weighted by molar-refractivity contribution is -0.115. The summed E-state index contributed by atoms with van der Waals surface area (Å²) < 4.78 is 7.33. The number of carbonyl (C=O) groups is 1. The number of halogens is 1. The van der Waals surface area contributed by atoms with Gasteiger partial charge in [0.2, 0.25) is 0 Å². The van der Waals surface area contributed by atoms with Gasteiger partial charge in [0.1, 0.15) is 15.7 Å². The Hall–Kier alpha value is -1.70. The summed E-state index contributed by atoms with van der Waals surface area (Å²) in [4.78, 5) is 16.7. The predicted octanol–water partition coefficient (Wildman–Crippen LogP) is 4.23. The lowest BCUT2D eigenvalue weighted by Gasteiger charge is -1.98. The van der Waals surface area contributed by atoms with E-state index in [2.05, 4.69) is 26.2 Å². The molecule has 3 heterocycles. The Balaban J connectivity index is 1.87. The topological polar surface area (TPSA) is 55.1 Å². The molecule has 108 valence electrons. The number of aromatic nitrogens is 1. The van der Waals surface area contributed by atoms with E-state index in [0.29, 0.717) is 15.0 Å². The maximum Gasteiger partial charge on any atom is 0.263 e. The number of furan rings is 1. The van der Waals surface area contributed by atoms with Gasteiger partial charge < -0.3 is 9.73 Å². The molecule has 0 atom stereocenters. The van der Waals surface area contributed by atoms with Gasteiger partial charge in [0, 0.05) is 27.5 Å². The molecule has 0 aliphatic carbocycles. The van der Waals surface area contributed by atoms with Gasteiger partial charge in [-0.1, -0.05) is 39.9 Å². The van der Waals surface area contributed by atoms with Crippen LogP contribution in [0.25, 0.3) is 27.9 Å². The second-order valence-electron chi connectivity index (χ2n) is 4.71. The zero-order valence-electron chi connectivity index (χ0n) is 10.9. The first-order valence-corrected chi connectivity index (χ1v) is 8.34. The molecule has 1 aromatic carbocycles. The first kappa shape index (κ1) is 13.9. The van der Waals surface area contributed by atoms with Crippen molar-refractivity contribution in [1.82, 2.24) is 10.3 Å². The fourth-order valence-electron chi connectivity index (χ4n) is 2.30. The third kappa shape index (κ3) is 2.35. The van der Waals surface area contributed by atoms with E-state index in [1.165, 1.54) is 11.8 Å². The number of nitrogens with one attached hydrogen (secondary N) is 1. The minimum absolute atomic E-state index is 0.192. The van der Waals surface area contributed by atoms with Crippen LogP contribution in [0.5, 0.6) is 0 Å². The Labute approximate surface area is 143 Å². The molecule has 1 aliphatic rings. The minimum Gasteiger partial charge on any atom is -0.456 e. The van der Waals surface area contributed by atoms with Crippen LogP contribution in [0.4, 0.5) is 0 Å². The smallest absolute Gasteiger partial charge is 0.263 e. The molecular formula is C15H7BrN2O2S2. The Kier molecular flexibility index (Phi) is 3.28. The molecule has 1 amide bonds. The van der Waals surface area contributed by atoms with Crippen molar-refractivity contribution in [3.05, 3.63) is 45.6 Å². The SMILES string of the molecule is O=C1NC(=S)S/C1=C\c1cc2cnc3cc(Br)ccc3c2o1. The van der Waals surface area contributed by atoms with E-state index in [4.69, 9.17) is 16.6 Å². The van der Waals surface area contributed by atoms with Gasteiger partial charge >= 0.3 is 0 Å². The number of carbonyl (C=O) groups excluding carboxylic acids is 1. The van der Waals surface area contributed by atoms with Gasteiger partial charge in [0.05, 0.1) is 10.4 Å². The van der Waals surface area contributed by atoms with Crippen molar-refractivity contribution in [1.29, 1.82) is 0 Å². The van der Waals surface area contributed by atoms with Crippen molar-refractivity contribution in [2.75, 3.05) is 0 Å². The lowest BCUT2D eigenvalue weighted by atomic mass is 10.2. The van der Waals surface area contributed by atoms with E-state index in [1.54, 1.807) is 12.3 Å². The predicted molar refractivity (Wildman–Crippen MR) is 95.5 cm³/mol. The van der Waals surface area contributed by atoms with Crippen LogP contribution in [0.1, 0.15) is 5.76 Å². The van der Waals surface area contributed by atoms with Crippen LogP contribution >= 0.6 is 39.9 Å². The van der Waals surface area contributed by atoms with E-state index >= 15 is 0 Å². The molecule has 1 aliphatic heterocycles. The van der Waals surface area contributed by atoms with E-state index in [1.807, 2.05) is 24.3 Å². The quantitative estimate of drug-likeness (QED) is 0.497. The summed E-state index contributed by atoms with van der Waals surface area (Å²) in [6.45, 7) is 0. The molecule has 1 N–H and O–H groups in total. The van der Waals surface area contributed by atoms with Gasteiger partial charge in [-0.2, -0.15) is 0 Å². The summed E-state index contributed by atoms with van der Waals surface area (Å²) in [5.41, 5.74) is 1.61. The van der Waals surface area contributed by atoms with Crippen molar-refractivity contribution >= 4 is 78.1 Å². The summed E-state index contributed by atoms with van der Waals surface area (Å²) in [7, 11) is 0. The Morgan fingerprint density at radius 2 is 2.23 bits per heavy atom. The number of fused-ring (bicyclic) bond motifs is 3. The molecule has 4 nitrogen and oxygen atoms in total. The van der Waals surface area contributed by atoms with Crippen LogP contribution in [0.3, 0.4) is 0 Å². The highest BCUT2D eigenvalue weighted by atomic mass is 79.9. The number of hydrogen-bond acceptors (Lipinski definition) is 5. The number of amides is 1. The standard InChI is InChI=1S/C15H7BrN2O2S2/c16-8-1-2-10-11(4-8)17-6-7-3-9(20-13(7)10)5-12-14(19)18-15(21)22-12/h1-6H,(H,18,19,21)/b12-5-. The molecule has 0 radical (unpaired) electrons. The normalized spacial score (nSPS) is 16.9. The molecule has 0 unspecified atom stereocenters. The van der Waals surface area contributed by atoms with Gasteiger partial charge in [-0.05, 0) is 24.3 Å². The molecule has 7 heteroatoms. The highest BCUT2D eigenvalue weighted by Crippen LogP contribution is 2.31. The van der Waals surface area contributed by atoms with Gasteiger partial charge in [0.15, 0.2) is 0 Å². The molecule has 4 rings (SSSR count). The van der Waals surface area contributed by atoms with Crippen LogP contribution < -0.4 is 5.32 Å². The third-order valence-electron chi connectivity index (χ3n) is 3.24. The summed E-state index contributed by atoms with van der Waals surface area (Å²) in [5, 5.41) is 4.42. The number of pyridine rings is 1. The average molecular weight is 391 g/mol. The van der Waals surface area contributed by atoms with Crippen molar-refractivity contribution in [3.63, 3.8) is 0 Å². The summed E-state index contributed by atoms with van der Waals surface area (Å²) in [6, 6.07) is 7.71. The first-order chi connectivity index (χ1) is 10.6. The lowest BCUT2D eigenvalue weighted by Crippen LogP contribution is -2.17.